The van der Waals surface area contributed by atoms with Crippen molar-refractivity contribution in [2.45, 2.75) is 13.1 Å². The highest BCUT2D eigenvalue weighted by molar-refractivity contribution is 6.14. The van der Waals surface area contributed by atoms with E-state index in [0.717, 1.165) is 6.07 Å². The molecule has 0 spiro atoms. The van der Waals surface area contributed by atoms with Crippen LogP contribution in [-0.2, 0) is 22.8 Å². The molecule has 0 aliphatic carbocycles. The molecule has 0 saturated carbocycles. The first-order chi connectivity index (χ1) is 16.1. The van der Waals surface area contributed by atoms with Crippen molar-refractivity contribution in [3.05, 3.63) is 41.3 Å². The Morgan fingerprint density at radius 1 is 1.24 bits per heavy atom. The minimum atomic E-state index is -4.95. The third-order valence-electron chi connectivity index (χ3n) is 5.38. The van der Waals surface area contributed by atoms with Crippen molar-refractivity contribution in [3.8, 4) is 0 Å². The van der Waals surface area contributed by atoms with Crippen molar-refractivity contribution in [3.63, 3.8) is 0 Å². The summed E-state index contributed by atoms with van der Waals surface area (Å²) in [7, 11) is 1.71. The highest BCUT2D eigenvalue weighted by Gasteiger charge is 2.34. The second-order valence-corrected chi connectivity index (χ2v) is 7.61. The van der Waals surface area contributed by atoms with E-state index in [1.165, 1.54) is 0 Å². The Morgan fingerprint density at radius 2 is 1.94 bits per heavy atom. The van der Waals surface area contributed by atoms with Crippen molar-refractivity contribution >= 4 is 40.7 Å². The number of nitrogens with zero attached hydrogens (tertiary/aromatic N) is 5. The van der Waals surface area contributed by atoms with E-state index in [4.69, 9.17) is 4.74 Å². The average molecular weight is 480 g/mol. The number of benzene rings is 1. The number of imide groups is 1. The molecule has 3 heterocycles. The van der Waals surface area contributed by atoms with Crippen molar-refractivity contribution in [1.82, 2.24) is 14.8 Å². The number of amides is 3. The summed E-state index contributed by atoms with van der Waals surface area (Å²) in [6.07, 6.45) is -4.71. The number of hydrogen-bond donors (Lipinski definition) is 1. The lowest BCUT2D eigenvalue weighted by Crippen LogP contribution is -2.40. The molecule has 1 aliphatic heterocycles. The molecule has 0 atom stereocenters. The van der Waals surface area contributed by atoms with Gasteiger partial charge >= 0.3 is 12.2 Å². The van der Waals surface area contributed by atoms with Crippen LogP contribution in [0.25, 0.3) is 11.0 Å². The Balaban J connectivity index is 1.75. The average Bonchev–Trinajstić information content (AvgIpc) is 3.07. The monoisotopic (exact) mass is 480 g/mol. The molecule has 1 aromatic carbocycles. The van der Waals surface area contributed by atoms with E-state index in [0.29, 0.717) is 65.9 Å². The zero-order valence-corrected chi connectivity index (χ0v) is 18.2. The number of hydrogen-bond acceptors (Lipinski definition) is 6. The quantitative estimate of drug-likeness (QED) is 0.454. The van der Waals surface area contributed by atoms with Gasteiger partial charge in [0.15, 0.2) is 11.5 Å². The molecule has 0 radical (unpaired) electrons. The summed E-state index contributed by atoms with van der Waals surface area (Å²) < 4.78 is 59.7. The normalized spacial score (nSPS) is 14.4. The van der Waals surface area contributed by atoms with Crippen LogP contribution in [0.4, 0.5) is 39.5 Å². The summed E-state index contributed by atoms with van der Waals surface area (Å²) in [6, 6.07) is 2.57. The number of carbonyl (C=O) groups is 2. The summed E-state index contributed by atoms with van der Waals surface area (Å²) >= 11 is 0. The Kier molecular flexibility index (Phi) is 6.13. The van der Waals surface area contributed by atoms with Crippen molar-refractivity contribution in [2.75, 3.05) is 41.4 Å². The maximum absolute atomic E-state index is 13.6. The minimum Gasteiger partial charge on any atom is -0.378 e. The molecule has 0 unspecified atom stereocenters. The van der Waals surface area contributed by atoms with Crippen molar-refractivity contribution in [2.24, 2.45) is 7.05 Å². The lowest BCUT2D eigenvalue weighted by molar-refractivity contribution is -0.139. The van der Waals surface area contributed by atoms with E-state index < -0.39 is 23.6 Å². The van der Waals surface area contributed by atoms with Gasteiger partial charge in [-0.1, -0.05) is 0 Å². The van der Waals surface area contributed by atoms with Crippen LogP contribution in [0.3, 0.4) is 0 Å². The smallest absolute Gasteiger partial charge is 0.378 e. The fourth-order valence-corrected chi connectivity index (χ4v) is 3.73. The van der Waals surface area contributed by atoms with E-state index in [1.54, 1.807) is 24.7 Å². The summed E-state index contributed by atoms with van der Waals surface area (Å²) in [5.74, 6) is -1.16. The first-order valence-electron chi connectivity index (χ1n) is 10.2. The highest BCUT2D eigenvalue weighted by Crippen LogP contribution is 2.35. The number of nitrogens with one attached hydrogen (secondary N) is 1. The maximum Gasteiger partial charge on any atom is 0.419 e. The summed E-state index contributed by atoms with van der Waals surface area (Å²) in [5.41, 5.74) is -0.603. The van der Waals surface area contributed by atoms with Gasteiger partial charge in [0, 0.05) is 31.2 Å². The molecule has 9 nitrogen and oxygen atoms in total. The number of carbonyl (C=O) groups excluding carboxylic acids is 2. The molecule has 0 bridgehead atoms. The molecule has 1 saturated heterocycles. The van der Waals surface area contributed by atoms with E-state index >= 15 is 0 Å². The van der Waals surface area contributed by atoms with Gasteiger partial charge in [0.1, 0.15) is 5.82 Å². The van der Waals surface area contributed by atoms with Gasteiger partial charge in [-0.05, 0) is 31.2 Å². The summed E-state index contributed by atoms with van der Waals surface area (Å²) in [6.45, 7) is 3.46. The molecule has 13 heteroatoms. The Morgan fingerprint density at radius 3 is 2.59 bits per heavy atom. The molecule has 34 heavy (non-hydrogen) atoms. The number of ether oxygens (including phenoxy) is 1. The number of pyridine rings is 1. The van der Waals surface area contributed by atoms with Crippen LogP contribution in [0.2, 0.25) is 0 Å². The van der Waals surface area contributed by atoms with Crippen LogP contribution in [0.5, 0.6) is 0 Å². The third kappa shape index (κ3) is 4.38. The largest absolute Gasteiger partial charge is 0.419 e. The number of aryl methyl sites for hydroxylation is 2. The van der Waals surface area contributed by atoms with Crippen LogP contribution in [0, 0.1) is 12.7 Å². The summed E-state index contributed by atoms with van der Waals surface area (Å²) in [4.78, 5) is 32.2. The van der Waals surface area contributed by atoms with Gasteiger partial charge in [0.05, 0.1) is 30.2 Å². The number of alkyl halides is 3. The summed E-state index contributed by atoms with van der Waals surface area (Å²) in [5, 5.41) is 7.14. The van der Waals surface area contributed by atoms with Crippen LogP contribution < -0.4 is 15.1 Å². The molecule has 3 aromatic rings. The third-order valence-corrected chi connectivity index (χ3v) is 5.38. The second-order valence-electron chi connectivity index (χ2n) is 7.61. The Hall–Kier alpha value is -3.74. The van der Waals surface area contributed by atoms with Gasteiger partial charge in [-0.15, -0.1) is 0 Å². The lowest BCUT2D eigenvalue weighted by Gasteiger charge is -2.31. The first-order valence-corrected chi connectivity index (χ1v) is 10.2. The topological polar surface area (TPSA) is 92.6 Å². The van der Waals surface area contributed by atoms with E-state index in [9.17, 15) is 27.2 Å². The van der Waals surface area contributed by atoms with Gasteiger partial charge in [0.25, 0.3) is 0 Å². The van der Waals surface area contributed by atoms with Crippen molar-refractivity contribution in [1.29, 1.82) is 0 Å². The number of halogens is 4. The van der Waals surface area contributed by atoms with Gasteiger partial charge in [-0.25, -0.2) is 19.1 Å². The molecule has 4 rings (SSSR count). The van der Waals surface area contributed by atoms with Gasteiger partial charge in [-0.3, -0.25) is 9.48 Å². The highest BCUT2D eigenvalue weighted by atomic mass is 19.4. The van der Waals surface area contributed by atoms with Gasteiger partial charge in [-0.2, -0.15) is 18.3 Å². The molecule has 1 aliphatic rings. The minimum absolute atomic E-state index is 0.121. The predicted molar refractivity (Wildman–Crippen MR) is 115 cm³/mol. The maximum atomic E-state index is 13.6. The predicted octanol–water partition coefficient (Wildman–Crippen LogP) is 3.47. The van der Waals surface area contributed by atoms with Crippen LogP contribution in [0.15, 0.2) is 24.3 Å². The van der Waals surface area contributed by atoms with Gasteiger partial charge in [0.2, 0.25) is 6.41 Å². The van der Waals surface area contributed by atoms with Crippen LogP contribution in [-0.4, -0.2) is 53.5 Å². The molecule has 180 valence electrons. The molecular formula is C21H20F4N6O3. The zero-order chi connectivity index (χ0) is 24.6. The van der Waals surface area contributed by atoms with Crippen LogP contribution >= 0.6 is 0 Å². The fourth-order valence-electron chi connectivity index (χ4n) is 3.73. The fraction of sp³-hybridized carbons (Fsp3) is 0.333. The first kappa shape index (κ1) is 23.4. The number of fused-ring (bicyclic) bond motifs is 1. The van der Waals surface area contributed by atoms with E-state index in [2.05, 4.69) is 15.4 Å². The van der Waals surface area contributed by atoms with E-state index in [1.807, 2.05) is 4.90 Å². The molecule has 1 fully saturated rings. The molecular weight excluding hydrogens is 460 g/mol. The second kappa shape index (κ2) is 8.89. The SMILES string of the molecule is Cc1nn(C)c2nc(N3CCOCC3)c(N(C=O)C(=O)Nc3ccc(F)c(C(F)(F)F)c3)cc12. The molecule has 2 aromatic heterocycles. The van der Waals surface area contributed by atoms with Crippen molar-refractivity contribution < 1.29 is 31.9 Å². The number of aromatic nitrogens is 3. The van der Waals surface area contributed by atoms with Gasteiger partial charge < -0.3 is 15.0 Å². The lowest BCUT2D eigenvalue weighted by atomic mass is 10.2. The number of anilines is 3. The standard InChI is InChI=1S/C21H20F4N6O3/c1-12-14-10-17(19(27-18(14)29(2)28-12)30-5-7-34-8-6-30)31(11-32)20(33)26-13-3-4-16(22)15(9-13)21(23,24)25/h3-4,9-11H,5-8H2,1-2H3,(H,26,33). The molecule has 1 N–H and O–H groups in total. The molecule has 3 amide bonds. The Bertz CT molecular complexity index is 1250. The zero-order valence-electron chi connectivity index (χ0n) is 18.2. The van der Waals surface area contributed by atoms with E-state index in [-0.39, 0.29) is 17.8 Å². The number of urea groups is 1. The van der Waals surface area contributed by atoms with Crippen LogP contribution in [0.1, 0.15) is 11.3 Å². The Labute approximate surface area is 190 Å². The number of morpholine rings is 1. The number of rotatable bonds is 4.